The molecule has 1 aliphatic rings. The molecule has 7 nitrogen and oxygen atoms in total. The zero-order valence-electron chi connectivity index (χ0n) is 18.6. The fourth-order valence-electron chi connectivity index (χ4n) is 3.42. The standard InChI is InChI=1S/C22H31N5O2S.HI/c1-5-23-22(26(3)14-19-15-30-21(25-19)16(2)29-4)24-12-20(28)27-11-10-17-8-6-7-9-18(17)13-27;/h6-9,15-16H,5,10-14H2,1-4H3,(H,23,24);1H. The van der Waals surface area contributed by atoms with Crippen molar-refractivity contribution in [2.45, 2.75) is 39.5 Å². The summed E-state index contributed by atoms with van der Waals surface area (Å²) in [6.45, 7) is 6.91. The Balaban J connectivity index is 0.00000341. The number of aromatic nitrogens is 1. The number of fused-ring (bicyclic) bond motifs is 1. The number of carbonyl (C=O) groups is 1. The number of ether oxygens (including phenoxy) is 1. The lowest BCUT2D eigenvalue weighted by Crippen LogP contribution is -2.41. The Hall–Kier alpha value is -1.72. The highest BCUT2D eigenvalue weighted by molar-refractivity contribution is 14.0. The Morgan fingerprint density at radius 3 is 2.84 bits per heavy atom. The van der Waals surface area contributed by atoms with Gasteiger partial charge in [-0.25, -0.2) is 9.98 Å². The smallest absolute Gasteiger partial charge is 0.244 e. The van der Waals surface area contributed by atoms with E-state index in [1.807, 2.05) is 42.1 Å². The van der Waals surface area contributed by atoms with E-state index in [0.717, 1.165) is 30.2 Å². The molecule has 2 heterocycles. The van der Waals surface area contributed by atoms with E-state index < -0.39 is 0 Å². The van der Waals surface area contributed by atoms with Crippen molar-refractivity contribution in [2.75, 3.05) is 33.8 Å². The number of thiazole rings is 1. The minimum absolute atomic E-state index is 0. The Labute approximate surface area is 205 Å². The van der Waals surface area contributed by atoms with Gasteiger partial charge in [0.15, 0.2) is 5.96 Å². The number of methoxy groups -OCH3 is 1. The number of nitrogens with zero attached hydrogens (tertiary/aromatic N) is 4. The Bertz CT molecular complexity index is 888. The van der Waals surface area contributed by atoms with Gasteiger partial charge in [0, 0.05) is 39.2 Å². The Kier molecular flexibility index (Phi) is 10.2. The molecule has 1 unspecified atom stereocenters. The number of hydrogen-bond donors (Lipinski definition) is 1. The Morgan fingerprint density at radius 2 is 2.13 bits per heavy atom. The second-order valence-corrected chi connectivity index (χ2v) is 8.30. The summed E-state index contributed by atoms with van der Waals surface area (Å²) in [4.78, 5) is 25.9. The lowest BCUT2D eigenvalue weighted by atomic mass is 10.00. The number of amides is 1. The molecule has 0 spiro atoms. The van der Waals surface area contributed by atoms with E-state index >= 15 is 0 Å². The lowest BCUT2D eigenvalue weighted by molar-refractivity contribution is -0.130. The third-order valence-electron chi connectivity index (χ3n) is 5.21. The van der Waals surface area contributed by atoms with Crippen LogP contribution in [0.3, 0.4) is 0 Å². The fraction of sp³-hybridized carbons (Fsp3) is 0.500. The molecule has 0 fully saturated rings. The molecule has 0 aliphatic carbocycles. The molecule has 170 valence electrons. The zero-order chi connectivity index (χ0) is 21.5. The van der Waals surface area contributed by atoms with Crippen LogP contribution in [0.2, 0.25) is 0 Å². The van der Waals surface area contributed by atoms with Crippen molar-refractivity contribution in [1.82, 2.24) is 20.1 Å². The number of rotatable bonds is 7. The second-order valence-electron chi connectivity index (χ2n) is 7.42. The van der Waals surface area contributed by atoms with Crippen LogP contribution in [0.15, 0.2) is 34.6 Å². The number of aliphatic imine (C=N–C) groups is 1. The maximum absolute atomic E-state index is 12.8. The van der Waals surface area contributed by atoms with E-state index in [2.05, 4.69) is 33.5 Å². The highest BCUT2D eigenvalue weighted by Crippen LogP contribution is 2.21. The summed E-state index contributed by atoms with van der Waals surface area (Å²) in [5, 5.41) is 6.28. The van der Waals surface area contributed by atoms with Gasteiger partial charge in [-0.05, 0) is 31.4 Å². The van der Waals surface area contributed by atoms with Crippen molar-refractivity contribution >= 4 is 47.2 Å². The van der Waals surface area contributed by atoms with Crippen molar-refractivity contribution in [1.29, 1.82) is 0 Å². The SMILES string of the molecule is CCNC(=NCC(=O)N1CCc2ccccc2C1)N(C)Cc1csc(C(C)OC)n1.I. The number of benzene rings is 1. The molecule has 0 bridgehead atoms. The zero-order valence-corrected chi connectivity index (χ0v) is 21.8. The van der Waals surface area contributed by atoms with Gasteiger partial charge >= 0.3 is 0 Å². The van der Waals surface area contributed by atoms with E-state index in [1.165, 1.54) is 11.1 Å². The van der Waals surface area contributed by atoms with Gasteiger partial charge in [-0.3, -0.25) is 4.79 Å². The predicted molar refractivity (Wildman–Crippen MR) is 136 cm³/mol. The van der Waals surface area contributed by atoms with Crippen LogP contribution in [0.25, 0.3) is 0 Å². The molecule has 0 radical (unpaired) electrons. The lowest BCUT2D eigenvalue weighted by Gasteiger charge is -2.28. The van der Waals surface area contributed by atoms with Gasteiger partial charge in [-0.2, -0.15) is 0 Å². The quantitative estimate of drug-likeness (QED) is 0.321. The molecule has 2 aromatic rings. The average Bonchev–Trinajstić information content (AvgIpc) is 3.23. The molecule has 1 aromatic carbocycles. The van der Waals surface area contributed by atoms with Crippen LogP contribution >= 0.6 is 35.3 Å². The fourth-order valence-corrected chi connectivity index (χ4v) is 4.26. The Morgan fingerprint density at radius 1 is 1.39 bits per heavy atom. The molecule has 0 saturated heterocycles. The number of carbonyl (C=O) groups excluding carboxylic acids is 1. The molecule has 1 aliphatic heterocycles. The van der Waals surface area contributed by atoms with Crippen LogP contribution in [0.1, 0.15) is 41.8 Å². The van der Waals surface area contributed by atoms with E-state index in [0.29, 0.717) is 19.0 Å². The van der Waals surface area contributed by atoms with Crippen LogP contribution in [0.4, 0.5) is 0 Å². The summed E-state index contributed by atoms with van der Waals surface area (Å²) < 4.78 is 5.34. The summed E-state index contributed by atoms with van der Waals surface area (Å²) in [5.41, 5.74) is 3.53. The highest BCUT2D eigenvalue weighted by Gasteiger charge is 2.20. The molecule has 1 amide bonds. The third-order valence-corrected chi connectivity index (χ3v) is 6.27. The topological polar surface area (TPSA) is 70.1 Å². The van der Waals surface area contributed by atoms with E-state index in [4.69, 9.17) is 4.74 Å². The van der Waals surface area contributed by atoms with Crippen LogP contribution < -0.4 is 5.32 Å². The van der Waals surface area contributed by atoms with Gasteiger partial charge in [0.05, 0.1) is 12.2 Å². The largest absolute Gasteiger partial charge is 0.375 e. The predicted octanol–water partition coefficient (Wildman–Crippen LogP) is 3.45. The van der Waals surface area contributed by atoms with Crippen LogP contribution in [0.5, 0.6) is 0 Å². The van der Waals surface area contributed by atoms with E-state index in [1.54, 1.807) is 18.4 Å². The summed E-state index contributed by atoms with van der Waals surface area (Å²) >= 11 is 1.60. The minimum Gasteiger partial charge on any atom is -0.375 e. The number of nitrogens with one attached hydrogen (secondary N) is 1. The van der Waals surface area contributed by atoms with Crippen molar-refractivity contribution in [3.8, 4) is 0 Å². The van der Waals surface area contributed by atoms with Gasteiger partial charge in [-0.1, -0.05) is 24.3 Å². The van der Waals surface area contributed by atoms with Crippen molar-refractivity contribution in [3.63, 3.8) is 0 Å². The van der Waals surface area contributed by atoms with Crippen molar-refractivity contribution in [3.05, 3.63) is 51.5 Å². The summed E-state index contributed by atoms with van der Waals surface area (Å²) in [7, 11) is 3.65. The van der Waals surface area contributed by atoms with E-state index in [-0.39, 0.29) is 42.5 Å². The maximum atomic E-state index is 12.8. The molecular formula is C22H32IN5O2S. The monoisotopic (exact) mass is 557 g/mol. The van der Waals surface area contributed by atoms with Gasteiger partial charge < -0.3 is 19.9 Å². The first-order chi connectivity index (χ1) is 14.5. The molecule has 1 atom stereocenters. The van der Waals surface area contributed by atoms with Gasteiger partial charge in [-0.15, -0.1) is 35.3 Å². The number of halogens is 1. The summed E-state index contributed by atoms with van der Waals surface area (Å²) in [6.07, 6.45) is 0.890. The molecule has 31 heavy (non-hydrogen) atoms. The van der Waals surface area contributed by atoms with Gasteiger partial charge in [0.25, 0.3) is 0 Å². The highest BCUT2D eigenvalue weighted by atomic mass is 127. The normalized spacial score (nSPS) is 14.5. The van der Waals surface area contributed by atoms with Crippen LogP contribution in [0, 0.1) is 0 Å². The maximum Gasteiger partial charge on any atom is 0.244 e. The number of hydrogen-bond acceptors (Lipinski definition) is 5. The first-order valence-electron chi connectivity index (χ1n) is 10.3. The minimum atomic E-state index is -0.0109. The summed E-state index contributed by atoms with van der Waals surface area (Å²) in [6, 6.07) is 8.33. The van der Waals surface area contributed by atoms with Crippen LogP contribution in [-0.4, -0.2) is 60.4 Å². The number of guanidine groups is 1. The van der Waals surface area contributed by atoms with E-state index in [9.17, 15) is 4.79 Å². The molecule has 1 aromatic heterocycles. The summed E-state index contributed by atoms with van der Waals surface area (Å²) in [5.74, 6) is 0.760. The molecule has 0 saturated carbocycles. The molecule has 3 rings (SSSR count). The first kappa shape index (κ1) is 25.5. The van der Waals surface area contributed by atoms with Crippen LogP contribution in [-0.2, 0) is 29.0 Å². The van der Waals surface area contributed by atoms with Crippen molar-refractivity contribution < 1.29 is 9.53 Å². The molecular weight excluding hydrogens is 525 g/mol. The first-order valence-corrected chi connectivity index (χ1v) is 11.2. The molecule has 9 heteroatoms. The van der Waals surface area contributed by atoms with Gasteiger partial charge in [0.1, 0.15) is 17.7 Å². The second kappa shape index (κ2) is 12.4. The van der Waals surface area contributed by atoms with Crippen molar-refractivity contribution in [2.24, 2.45) is 4.99 Å². The molecule has 1 N–H and O–H groups in total. The van der Waals surface area contributed by atoms with Gasteiger partial charge in [0.2, 0.25) is 5.91 Å². The average molecular weight is 558 g/mol. The third kappa shape index (κ3) is 6.88.